The van der Waals surface area contributed by atoms with Crippen LogP contribution >= 0.6 is 0 Å². The molecule has 8 heteroatoms. The van der Waals surface area contributed by atoms with Crippen molar-refractivity contribution in [3.8, 4) is 0 Å². The van der Waals surface area contributed by atoms with Crippen molar-refractivity contribution >= 4 is 15.8 Å². The molecule has 2 aliphatic rings. The van der Waals surface area contributed by atoms with Gasteiger partial charge < -0.3 is 9.47 Å². The molecule has 0 N–H and O–H groups in total. The number of aryl methyl sites for hydroxylation is 1. The third-order valence-corrected chi connectivity index (χ3v) is 7.14. The van der Waals surface area contributed by atoms with Crippen molar-refractivity contribution in [2.75, 3.05) is 31.6 Å². The van der Waals surface area contributed by atoms with Crippen LogP contribution in [0.15, 0.2) is 17.2 Å². The number of anilines is 1. The Bertz CT molecular complexity index is 718. The summed E-state index contributed by atoms with van der Waals surface area (Å²) in [4.78, 5) is 18.3. The maximum atomic E-state index is 12.2. The molecule has 2 fully saturated rings. The maximum Gasteiger partial charge on any atom is 0.293 e. The quantitative estimate of drug-likeness (QED) is 0.776. The molecule has 1 aliphatic carbocycles. The first kappa shape index (κ1) is 16.4. The highest BCUT2D eigenvalue weighted by Gasteiger charge is 2.39. The van der Waals surface area contributed by atoms with E-state index >= 15 is 0 Å². The Kier molecular flexibility index (Phi) is 4.46. The number of hydrogen-bond acceptors (Lipinski definition) is 5. The molecule has 1 saturated heterocycles. The van der Waals surface area contributed by atoms with Gasteiger partial charge in [-0.15, -0.1) is 0 Å². The molecular formula is C15H24N4O3S. The van der Waals surface area contributed by atoms with Crippen molar-refractivity contribution in [3.05, 3.63) is 22.7 Å². The molecule has 1 aliphatic heterocycles. The smallest absolute Gasteiger partial charge is 0.293 e. The molecule has 23 heavy (non-hydrogen) atoms. The minimum absolute atomic E-state index is 0.0839. The number of aromatic nitrogens is 2. The monoisotopic (exact) mass is 340 g/mol. The lowest BCUT2D eigenvalue weighted by Gasteiger charge is -2.34. The van der Waals surface area contributed by atoms with Crippen LogP contribution in [0, 0.1) is 5.92 Å². The van der Waals surface area contributed by atoms with Gasteiger partial charge in [-0.3, -0.25) is 4.79 Å². The van der Waals surface area contributed by atoms with Crippen LogP contribution in [0.2, 0.25) is 0 Å². The first-order chi connectivity index (χ1) is 10.9. The molecule has 7 nitrogen and oxygen atoms in total. The Morgan fingerprint density at radius 1 is 1.26 bits per heavy atom. The SMILES string of the molecule is CN(CC1CCN(c2nccn(C)c2=O)CC1)S(=O)(=O)C1CC1. The van der Waals surface area contributed by atoms with Crippen LogP contribution in [0.5, 0.6) is 0 Å². The first-order valence-corrected chi connectivity index (χ1v) is 9.61. The van der Waals surface area contributed by atoms with Crippen LogP contribution in [0.3, 0.4) is 0 Å². The fraction of sp³-hybridized carbons (Fsp3) is 0.733. The van der Waals surface area contributed by atoms with Crippen molar-refractivity contribution < 1.29 is 8.42 Å². The van der Waals surface area contributed by atoms with E-state index in [0.717, 1.165) is 38.8 Å². The van der Waals surface area contributed by atoms with E-state index in [1.54, 1.807) is 26.5 Å². The highest BCUT2D eigenvalue weighted by Crippen LogP contribution is 2.31. The van der Waals surface area contributed by atoms with Gasteiger partial charge in [-0.1, -0.05) is 0 Å². The Labute approximate surface area is 137 Å². The predicted octanol–water partition coefficient (Wildman–Crippen LogP) is 0.421. The van der Waals surface area contributed by atoms with E-state index in [-0.39, 0.29) is 10.8 Å². The van der Waals surface area contributed by atoms with Crippen LogP contribution in [-0.2, 0) is 17.1 Å². The zero-order valence-electron chi connectivity index (χ0n) is 13.7. The Balaban J connectivity index is 1.58. The van der Waals surface area contributed by atoms with E-state index in [0.29, 0.717) is 18.3 Å². The first-order valence-electron chi connectivity index (χ1n) is 8.11. The van der Waals surface area contributed by atoms with Crippen LogP contribution in [-0.4, -0.2) is 54.2 Å². The topological polar surface area (TPSA) is 75.5 Å². The van der Waals surface area contributed by atoms with Crippen LogP contribution < -0.4 is 10.5 Å². The fourth-order valence-electron chi connectivity index (χ4n) is 3.12. The minimum atomic E-state index is -3.09. The van der Waals surface area contributed by atoms with Gasteiger partial charge in [-0.2, -0.15) is 0 Å². The third kappa shape index (κ3) is 3.42. The molecular weight excluding hydrogens is 316 g/mol. The second-order valence-corrected chi connectivity index (χ2v) is 8.94. The van der Waals surface area contributed by atoms with E-state index < -0.39 is 10.0 Å². The maximum absolute atomic E-state index is 12.2. The van der Waals surface area contributed by atoms with Gasteiger partial charge in [0.25, 0.3) is 5.56 Å². The average molecular weight is 340 g/mol. The van der Waals surface area contributed by atoms with Crippen molar-refractivity contribution in [2.24, 2.45) is 13.0 Å². The van der Waals surface area contributed by atoms with Crippen molar-refractivity contribution in [2.45, 2.75) is 30.9 Å². The fourth-order valence-corrected chi connectivity index (χ4v) is 4.78. The van der Waals surface area contributed by atoms with E-state index in [4.69, 9.17) is 0 Å². The summed E-state index contributed by atoms with van der Waals surface area (Å²) in [5.74, 6) is 0.838. The van der Waals surface area contributed by atoms with E-state index in [2.05, 4.69) is 4.98 Å². The highest BCUT2D eigenvalue weighted by molar-refractivity contribution is 7.90. The third-order valence-electron chi connectivity index (χ3n) is 4.81. The summed E-state index contributed by atoms with van der Waals surface area (Å²) in [6, 6.07) is 0. The van der Waals surface area contributed by atoms with E-state index in [9.17, 15) is 13.2 Å². The van der Waals surface area contributed by atoms with Gasteiger partial charge in [0.05, 0.1) is 5.25 Å². The second kappa shape index (κ2) is 6.24. The molecule has 0 radical (unpaired) electrons. The molecule has 0 atom stereocenters. The standard InChI is InChI=1S/C15H24N4O3S/c1-17-10-7-16-14(15(17)20)19-8-5-12(6-9-19)11-18(2)23(21,22)13-3-4-13/h7,10,12-13H,3-6,8-9,11H2,1-2H3. The Morgan fingerprint density at radius 2 is 1.91 bits per heavy atom. The lowest BCUT2D eigenvalue weighted by atomic mass is 9.97. The molecule has 0 bridgehead atoms. The Hall–Kier alpha value is -1.41. The van der Waals surface area contributed by atoms with Crippen molar-refractivity contribution in [1.29, 1.82) is 0 Å². The largest absolute Gasteiger partial charge is 0.352 e. The molecule has 0 aromatic carbocycles. The van der Waals surface area contributed by atoms with Gasteiger partial charge in [-0.05, 0) is 31.6 Å². The van der Waals surface area contributed by atoms with E-state index in [1.165, 1.54) is 8.87 Å². The van der Waals surface area contributed by atoms with Crippen LogP contribution in [0.25, 0.3) is 0 Å². The van der Waals surface area contributed by atoms with Gasteiger partial charge in [0.15, 0.2) is 5.82 Å². The van der Waals surface area contributed by atoms with Crippen molar-refractivity contribution in [3.63, 3.8) is 0 Å². The normalized spacial score (nSPS) is 20.2. The molecule has 2 heterocycles. The summed E-state index contributed by atoms with van der Waals surface area (Å²) in [6.45, 7) is 2.06. The van der Waals surface area contributed by atoms with Crippen LogP contribution in [0.1, 0.15) is 25.7 Å². The average Bonchev–Trinajstić information content (AvgIpc) is 3.36. The molecule has 0 spiro atoms. The lowest BCUT2D eigenvalue weighted by molar-refractivity contribution is 0.326. The van der Waals surface area contributed by atoms with Gasteiger partial charge in [0, 0.05) is 46.1 Å². The minimum Gasteiger partial charge on any atom is -0.352 e. The van der Waals surface area contributed by atoms with Gasteiger partial charge in [0.2, 0.25) is 10.0 Å². The summed E-state index contributed by atoms with van der Waals surface area (Å²) < 4.78 is 27.5. The molecule has 1 aromatic rings. The van der Waals surface area contributed by atoms with Gasteiger partial charge in [-0.25, -0.2) is 17.7 Å². The van der Waals surface area contributed by atoms with Crippen LogP contribution in [0.4, 0.5) is 5.82 Å². The zero-order valence-corrected chi connectivity index (χ0v) is 14.5. The number of rotatable bonds is 5. The molecule has 0 amide bonds. The van der Waals surface area contributed by atoms with Gasteiger partial charge in [0.1, 0.15) is 0 Å². The number of piperidine rings is 1. The Morgan fingerprint density at radius 3 is 2.52 bits per heavy atom. The molecule has 1 aromatic heterocycles. The highest BCUT2D eigenvalue weighted by atomic mass is 32.2. The summed E-state index contributed by atoms with van der Waals surface area (Å²) in [7, 11) is 0.320. The predicted molar refractivity (Wildman–Crippen MR) is 89.0 cm³/mol. The molecule has 0 unspecified atom stereocenters. The summed E-state index contributed by atoms with van der Waals surface area (Å²) >= 11 is 0. The number of hydrogen-bond donors (Lipinski definition) is 0. The summed E-state index contributed by atoms with van der Waals surface area (Å²) in [6.07, 6.45) is 6.64. The lowest BCUT2D eigenvalue weighted by Crippen LogP contribution is -2.42. The zero-order chi connectivity index (χ0) is 16.6. The summed E-state index contributed by atoms with van der Waals surface area (Å²) in [5.41, 5.74) is -0.0839. The summed E-state index contributed by atoms with van der Waals surface area (Å²) in [5, 5.41) is -0.149. The molecule has 3 rings (SSSR count). The van der Waals surface area contributed by atoms with Crippen molar-refractivity contribution in [1.82, 2.24) is 13.9 Å². The number of nitrogens with zero attached hydrogens (tertiary/aromatic N) is 4. The van der Waals surface area contributed by atoms with E-state index in [1.807, 2.05) is 4.90 Å². The molecule has 128 valence electrons. The van der Waals surface area contributed by atoms with Gasteiger partial charge >= 0.3 is 0 Å². The second-order valence-electron chi connectivity index (χ2n) is 6.62. The number of sulfonamides is 1. The molecule has 1 saturated carbocycles.